The van der Waals surface area contributed by atoms with Crippen LogP contribution in [0.1, 0.15) is 72.3 Å². The van der Waals surface area contributed by atoms with Gasteiger partial charge in [-0.05, 0) is 36.7 Å². The fourth-order valence-corrected chi connectivity index (χ4v) is 8.01. The molecule has 0 aromatic heterocycles. The zero-order chi connectivity index (χ0) is 43.5. The molecule has 14 heteroatoms. The van der Waals surface area contributed by atoms with Gasteiger partial charge in [0.15, 0.2) is 5.96 Å². The minimum absolute atomic E-state index is 0.0219. The molecule has 0 aliphatic carbocycles. The molecule has 8 atom stereocenters. The molecule has 1 aromatic carbocycles. The lowest BCUT2D eigenvalue weighted by Crippen LogP contribution is -2.55. The topological polar surface area (TPSA) is 143 Å². The molecule has 1 aliphatic rings. The van der Waals surface area contributed by atoms with Gasteiger partial charge in [-0.15, -0.1) is 0 Å². The summed E-state index contributed by atoms with van der Waals surface area (Å²) in [4.78, 5) is 68.4. The Hall–Kier alpha value is -3.59. The molecule has 14 nitrogen and oxygen atoms in total. The number of likely N-dealkylation sites (tertiary alicyclic amines) is 1. The number of rotatable bonds is 25. The van der Waals surface area contributed by atoms with Crippen LogP contribution in [0, 0.1) is 23.7 Å². The van der Waals surface area contributed by atoms with Crippen LogP contribution in [0.15, 0.2) is 35.3 Å². The highest BCUT2D eigenvalue weighted by molar-refractivity contribution is 5.89. The highest BCUT2D eigenvalue weighted by Crippen LogP contribution is 2.31. The van der Waals surface area contributed by atoms with Crippen LogP contribution in [0.3, 0.4) is 0 Å². The van der Waals surface area contributed by atoms with Crippen molar-refractivity contribution in [2.45, 2.75) is 103 Å². The lowest BCUT2D eigenvalue weighted by molar-refractivity contribution is -0.146. The third-order valence-electron chi connectivity index (χ3n) is 11.4. The molecule has 1 saturated heterocycles. The number of hydrogen-bond acceptors (Lipinski definition) is 9. The van der Waals surface area contributed by atoms with Gasteiger partial charge in [0.2, 0.25) is 17.7 Å². The second-order valence-corrected chi connectivity index (χ2v) is 16.4. The fourth-order valence-electron chi connectivity index (χ4n) is 8.01. The van der Waals surface area contributed by atoms with Gasteiger partial charge in [-0.3, -0.25) is 19.2 Å². The standard InChI is InChI=1S/C44H76N6O8/c1-14-31(4)40(49(10)43(54)39(30(2)3)46-44(47(6)7)48(8)9)37(56-12)29-38(52)50-23-18-21-35(50)41(57-13)32(5)36(51)28-34(27-33-19-16-15-17-20-33)42(53)45-22-24-58-26-25-55-11/h15-17,19-20,30-32,34-35,37,39-41H,14,18,21-29H2,1-13H3,(H,45,53)/t31-,32-,34+,35-,37+,39-,40-,41+/m0/s1. The van der Waals surface area contributed by atoms with E-state index in [-0.39, 0.29) is 54.2 Å². The van der Waals surface area contributed by atoms with Crippen LogP contribution >= 0.6 is 0 Å². The largest absolute Gasteiger partial charge is 0.382 e. The Bertz CT molecular complexity index is 1420. The van der Waals surface area contributed by atoms with Crippen molar-refractivity contribution in [2.24, 2.45) is 28.7 Å². The van der Waals surface area contributed by atoms with E-state index in [2.05, 4.69) is 19.2 Å². The first-order valence-electron chi connectivity index (χ1n) is 21.0. The maximum absolute atomic E-state index is 14.3. The summed E-state index contributed by atoms with van der Waals surface area (Å²) in [6.45, 7) is 12.1. The van der Waals surface area contributed by atoms with E-state index >= 15 is 0 Å². The number of guanidine groups is 1. The normalized spacial score (nSPS) is 17.8. The van der Waals surface area contributed by atoms with E-state index in [1.54, 1.807) is 33.3 Å². The molecule has 0 unspecified atom stereocenters. The number of carbonyl (C=O) groups excluding carboxylic acids is 4. The van der Waals surface area contributed by atoms with Gasteiger partial charge in [0.25, 0.3) is 0 Å². The molecule has 1 N–H and O–H groups in total. The number of ketones is 1. The van der Waals surface area contributed by atoms with Gasteiger partial charge in [-0.1, -0.05) is 71.4 Å². The molecule has 1 heterocycles. The Morgan fingerprint density at radius 3 is 2.10 bits per heavy atom. The zero-order valence-electron chi connectivity index (χ0n) is 37.9. The predicted octanol–water partition coefficient (Wildman–Crippen LogP) is 4.01. The maximum Gasteiger partial charge on any atom is 0.247 e. The molecule has 1 aliphatic heterocycles. The van der Waals surface area contributed by atoms with Crippen molar-refractivity contribution in [1.29, 1.82) is 0 Å². The first kappa shape index (κ1) is 50.6. The van der Waals surface area contributed by atoms with Crippen molar-refractivity contribution in [3.8, 4) is 0 Å². The molecule has 58 heavy (non-hydrogen) atoms. The lowest BCUT2D eigenvalue weighted by atomic mass is 9.85. The maximum atomic E-state index is 14.3. The van der Waals surface area contributed by atoms with Crippen LogP contribution < -0.4 is 5.32 Å². The summed E-state index contributed by atoms with van der Waals surface area (Å²) in [6, 6.07) is 8.31. The van der Waals surface area contributed by atoms with Crippen LogP contribution in [-0.4, -0.2) is 169 Å². The zero-order valence-corrected chi connectivity index (χ0v) is 37.9. The van der Waals surface area contributed by atoms with Crippen molar-refractivity contribution in [3.63, 3.8) is 0 Å². The summed E-state index contributed by atoms with van der Waals surface area (Å²) in [6.07, 6.45) is 1.56. The van der Waals surface area contributed by atoms with Crippen molar-refractivity contribution in [2.75, 3.05) is 89.5 Å². The Kier molecular flexibility index (Phi) is 22.5. The van der Waals surface area contributed by atoms with Gasteiger partial charge in [-0.25, -0.2) is 4.99 Å². The number of ether oxygens (including phenoxy) is 4. The summed E-state index contributed by atoms with van der Waals surface area (Å²) >= 11 is 0. The van der Waals surface area contributed by atoms with E-state index in [9.17, 15) is 19.2 Å². The Labute approximate surface area is 349 Å². The van der Waals surface area contributed by atoms with Gasteiger partial charge >= 0.3 is 0 Å². The monoisotopic (exact) mass is 817 g/mol. The highest BCUT2D eigenvalue weighted by atomic mass is 16.5. The van der Waals surface area contributed by atoms with Crippen molar-refractivity contribution in [3.05, 3.63) is 35.9 Å². The van der Waals surface area contributed by atoms with Crippen LogP contribution in [0.5, 0.6) is 0 Å². The minimum Gasteiger partial charge on any atom is -0.382 e. The van der Waals surface area contributed by atoms with Gasteiger partial charge in [-0.2, -0.15) is 0 Å². The van der Waals surface area contributed by atoms with Crippen molar-refractivity contribution < 1.29 is 38.1 Å². The number of Topliss-reactive ketones (excluding diaryl/α,β-unsaturated/α-hetero) is 1. The number of likely N-dealkylation sites (N-methyl/N-ethyl adjacent to an activating group) is 1. The van der Waals surface area contributed by atoms with Crippen LogP contribution in [0.4, 0.5) is 0 Å². The molecule has 0 spiro atoms. The second-order valence-electron chi connectivity index (χ2n) is 16.4. The van der Waals surface area contributed by atoms with E-state index < -0.39 is 36.1 Å². The van der Waals surface area contributed by atoms with E-state index in [1.165, 1.54) is 0 Å². The summed E-state index contributed by atoms with van der Waals surface area (Å²) in [5, 5.41) is 2.94. The summed E-state index contributed by atoms with van der Waals surface area (Å²) in [7, 11) is 14.2. The smallest absolute Gasteiger partial charge is 0.247 e. The quantitative estimate of drug-likeness (QED) is 0.0875. The van der Waals surface area contributed by atoms with E-state index in [4.69, 9.17) is 23.9 Å². The Morgan fingerprint density at radius 1 is 0.897 bits per heavy atom. The third kappa shape index (κ3) is 14.9. The SMILES string of the molecule is CC[C@H](C)[C@@H]([C@@H](CC(=O)N1CCC[C@H]1[C@H](OC)[C@@H](C)C(=O)C[C@@H](Cc1ccccc1)C(=O)NCCOCCOC)OC)N(C)C(=O)[C@@H](N=C(N(C)C)N(C)C)C(C)C. The average Bonchev–Trinajstić information content (AvgIpc) is 3.68. The second kappa shape index (κ2) is 25.8. The van der Waals surface area contributed by atoms with Crippen LogP contribution in [0.2, 0.25) is 0 Å². The highest BCUT2D eigenvalue weighted by Gasteiger charge is 2.43. The lowest BCUT2D eigenvalue weighted by Gasteiger charge is -2.40. The molecule has 0 bridgehead atoms. The number of amides is 3. The predicted molar refractivity (Wildman–Crippen MR) is 229 cm³/mol. The molecule has 1 fully saturated rings. The average molecular weight is 817 g/mol. The van der Waals surface area contributed by atoms with Gasteiger partial charge < -0.3 is 43.9 Å². The molecule has 3 amide bonds. The van der Waals surface area contributed by atoms with Crippen LogP contribution in [-0.2, 0) is 44.5 Å². The first-order valence-corrected chi connectivity index (χ1v) is 21.0. The van der Waals surface area contributed by atoms with E-state index in [0.717, 1.165) is 18.4 Å². The van der Waals surface area contributed by atoms with Gasteiger partial charge in [0.05, 0.1) is 50.5 Å². The van der Waals surface area contributed by atoms with Crippen molar-refractivity contribution >= 4 is 29.5 Å². The minimum atomic E-state index is -0.632. The number of methoxy groups -OCH3 is 3. The number of carbonyl (C=O) groups is 4. The third-order valence-corrected chi connectivity index (χ3v) is 11.4. The van der Waals surface area contributed by atoms with E-state index in [0.29, 0.717) is 51.7 Å². The summed E-state index contributed by atoms with van der Waals surface area (Å²) < 4.78 is 22.6. The number of aliphatic imine (C=N–C) groups is 1. The fraction of sp³-hybridized carbons (Fsp3) is 0.750. The molecule has 2 rings (SSSR count). The van der Waals surface area contributed by atoms with E-state index in [1.807, 2.05) is 94.0 Å². The van der Waals surface area contributed by atoms with Gasteiger partial charge in [0.1, 0.15) is 11.8 Å². The van der Waals surface area contributed by atoms with Gasteiger partial charge in [0, 0.05) is 87.9 Å². The molecular weight excluding hydrogens is 741 g/mol. The molecule has 0 saturated carbocycles. The molecule has 330 valence electrons. The van der Waals surface area contributed by atoms with Crippen LogP contribution in [0.25, 0.3) is 0 Å². The molecule has 1 aromatic rings. The molecular formula is C44H76N6O8. The van der Waals surface area contributed by atoms with Crippen molar-refractivity contribution in [1.82, 2.24) is 24.9 Å². The number of hydrogen-bond donors (Lipinski definition) is 1. The number of benzene rings is 1. The molecule has 0 radical (unpaired) electrons. The number of nitrogens with zero attached hydrogens (tertiary/aromatic N) is 5. The first-order chi connectivity index (χ1) is 27.5. The summed E-state index contributed by atoms with van der Waals surface area (Å²) in [5.74, 6) is -1.07. The Balaban J connectivity index is 2.29. The summed E-state index contributed by atoms with van der Waals surface area (Å²) in [5.41, 5.74) is 0.963. The Morgan fingerprint density at radius 2 is 1.55 bits per heavy atom. The number of nitrogens with one attached hydrogen (secondary N) is 1.